The molecule has 0 saturated carbocycles. The van der Waals surface area contributed by atoms with Gasteiger partial charge in [-0.05, 0) is 37.3 Å². The molecular weight excluding hydrogens is 330 g/mol. The summed E-state index contributed by atoms with van der Waals surface area (Å²) in [7, 11) is 0. The van der Waals surface area contributed by atoms with Gasteiger partial charge < -0.3 is 14.2 Å². The SMILES string of the molecule is Cc1cc(C(=O)OCC(=O)c2ccc3c(c2)OCO3)ccc1[N+](=O)[O-]. The molecule has 0 unspecified atom stereocenters. The molecule has 8 heteroatoms. The second kappa shape index (κ2) is 6.60. The lowest BCUT2D eigenvalue weighted by atomic mass is 10.1. The van der Waals surface area contributed by atoms with Crippen LogP contribution in [0, 0.1) is 17.0 Å². The highest BCUT2D eigenvalue weighted by molar-refractivity contribution is 6.00. The van der Waals surface area contributed by atoms with Crippen molar-refractivity contribution >= 4 is 17.4 Å². The smallest absolute Gasteiger partial charge is 0.338 e. The molecule has 3 rings (SSSR count). The molecule has 0 aliphatic carbocycles. The van der Waals surface area contributed by atoms with Gasteiger partial charge in [-0.15, -0.1) is 0 Å². The molecule has 0 N–H and O–H groups in total. The lowest BCUT2D eigenvalue weighted by Gasteiger charge is -2.06. The topological polar surface area (TPSA) is 105 Å². The van der Waals surface area contributed by atoms with Crippen molar-refractivity contribution in [2.24, 2.45) is 0 Å². The first-order valence-electron chi connectivity index (χ1n) is 7.31. The number of nitro benzene ring substituents is 1. The van der Waals surface area contributed by atoms with Crippen molar-refractivity contribution in [2.45, 2.75) is 6.92 Å². The second-order valence-electron chi connectivity index (χ2n) is 5.33. The molecule has 0 bridgehead atoms. The minimum Gasteiger partial charge on any atom is -0.454 e. The maximum atomic E-state index is 12.1. The van der Waals surface area contributed by atoms with Gasteiger partial charge in [0.2, 0.25) is 6.79 Å². The zero-order valence-electron chi connectivity index (χ0n) is 13.2. The number of benzene rings is 2. The summed E-state index contributed by atoms with van der Waals surface area (Å²) in [6, 6.07) is 8.56. The molecule has 0 aromatic heterocycles. The molecule has 1 aliphatic rings. The molecule has 0 radical (unpaired) electrons. The lowest BCUT2D eigenvalue weighted by Crippen LogP contribution is -2.14. The summed E-state index contributed by atoms with van der Waals surface area (Å²) < 4.78 is 15.3. The van der Waals surface area contributed by atoms with Gasteiger partial charge in [0.05, 0.1) is 10.5 Å². The summed E-state index contributed by atoms with van der Waals surface area (Å²) in [5.74, 6) is -0.115. The number of rotatable bonds is 5. The molecule has 2 aromatic carbocycles. The maximum absolute atomic E-state index is 12.1. The first-order valence-corrected chi connectivity index (χ1v) is 7.31. The molecule has 8 nitrogen and oxygen atoms in total. The number of carbonyl (C=O) groups is 2. The van der Waals surface area contributed by atoms with E-state index in [2.05, 4.69) is 0 Å². The highest BCUT2D eigenvalue weighted by atomic mass is 16.7. The van der Waals surface area contributed by atoms with Gasteiger partial charge in [0, 0.05) is 17.2 Å². The van der Waals surface area contributed by atoms with Crippen LogP contribution in [0.2, 0.25) is 0 Å². The van der Waals surface area contributed by atoms with Gasteiger partial charge in [0.1, 0.15) is 0 Å². The zero-order valence-corrected chi connectivity index (χ0v) is 13.2. The van der Waals surface area contributed by atoms with Gasteiger partial charge in [0.15, 0.2) is 23.9 Å². The summed E-state index contributed by atoms with van der Waals surface area (Å²) in [5, 5.41) is 10.8. The molecule has 25 heavy (non-hydrogen) atoms. The minimum atomic E-state index is -0.730. The van der Waals surface area contributed by atoms with Gasteiger partial charge in [-0.1, -0.05) is 0 Å². The van der Waals surface area contributed by atoms with Gasteiger partial charge in [-0.25, -0.2) is 4.79 Å². The van der Waals surface area contributed by atoms with Gasteiger partial charge >= 0.3 is 5.97 Å². The van der Waals surface area contributed by atoms with E-state index in [0.717, 1.165) is 0 Å². The third kappa shape index (κ3) is 3.42. The second-order valence-corrected chi connectivity index (χ2v) is 5.33. The molecule has 2 aromatic rings. The van der Waals surface area contributed by atoms with Crippen LogP contribution in [-0.2, 0) is 4.74 Å². The number of esters is 1. The highest BCUT2D eigenvalue weighted by Gasteiger charge is 2.19. The van der Waals surface area contributed by atoms with Crippen LogP contribution in [0.4, 0.5) is 5.69 Å². The number of nitro groups is 1. The Morgan fingerprint density at radius 2 is 1.84 bits per heavy atom. The van der Waals surface area contributed by atoms with Crippen molar-refractivity contribution in [3.63, 3.8) is 0 Å². The molecule has 0 amide bonds. The fourth-order valence-electron chi connectivity index (χ4n) is 2.36. The summed E-state index contributed by atoms with van der Waals surface area (Å²) in [6.45, 7) is 1.17. The van der Waals surface area contributed by atoms with Crippen LogP contribution in [0.15, 0.2) is 36.4 Å². The maximum Gasteiger partial charge on any atom is 0.338 e. The Kier molecular flexibility index (Phi) is 4.34. The fourth-order valence-corrected chi connectivity index (χ4v) is 2.36. The van der Waals surface area contributed by atoms with Crippen molar-refractivity contribution in [2.75, 3.05) is 13.4 Å². The quantitative estimate of drug-likeness (QED) is 0.356. The van der Waals surface area contributed by atoms with Crippen molar-refractivity contribution < 1.29 is 28.7 Å². The van der Waals surface area contributed by atoms with E-state index >= 15 is 0 Å². The Balaban J connectivity index is 1.65. The average molecular weight is 343 g/mol. The summed E-state index contributed by atoms with van der Waals surface area (Å²) in [5.41, 5.74) is 0.716. The highest BCUT2D eigenvalue weighted by Crippen LogP contribution is 2.32. The van der Waals surface area contributed by atoms with Crippen molar-refractivity contribution in [1.82, 2.24) is 0 Å². The van der Waals surface area contributed by atoms with Crippen LogP contribution in [0.25, 0.3) is 0 Å². The van der Waals surface area contributed by atoms with E-state index in [4.69, 9.17) is 14.2 Å². The van der Waals surface area contributed by atoms with E-state index in [1.54, 1.807) is 12.1 Å². The minimum absolute atomic E-state index is 0.0898. The number of hydrogen-bond acceptors (Lipinski definition) is 7. The third-order valence-corrected chi connectivity index (χ3v) is 3.66. The Morgan fingerprint density at radius 1 is 1.12 bits per heavy atom. The predicted molar refractivity (Wildman–Crippen MR) is 85.0 cm³/mol. The van der Waals surface area contributed by atoms with Gasteiger partial charge in [0.25, 0.3) is 5.69 Å². The molecule has 1 aliphatic heterocycles. The number of fused-ring (bicyclic) bond motifs is 1. The number of Topliss-reactive ketones (excluding diaryl/α,β-unsaturated/α-hetero) is 1. The van der Waals surface area contributed by atoms with Crippen LogP contribution in [0.5, 0.6) is 11.5 Å². The summed E-state index contributed by atoms with van der Waals surface area (Å²) in [4.78, 5) is 34.4. The van der Waals surface area contributed by atoms with Crippen LogP contribution in [-0.4, -0.2) is 30.1 Å². The van der Waals surface area contributed by atoms with Gasteiger partial charge in [-0.2, -0.15) is 0 Å². The number of ether oxygens (including phenoxy) is 3. The first kappa shape index (κ1) is 16.4. The Hall–Kier alpha value is -3.42. The van der Waals surface area contributed by atoms with E-state index in [1.807, 2.05) is 0 Å². The van der Waals surface area contributed by atoms with Crippen molar-refractivity contribution in [3.8, 4) is 11.5 Å². The van der Waals surface area contributed by atoms with E-state index in [1.165, 1.54) is 31.2 Å². The predicted octanol–water partition coefficient (Wildman–Crippen LogP) is 2.67. The number of nitrogens with zero attached hydrogens (tertiary/aromatic N) is 1. The molecule has 0 saturated heterocycles. The molecule has 0 fully saturated rings. The average Bonchev–Trinajstić information content (AvgIpc) is 3.06. The van der Waals surface area contributed by atoms with Crippen molar-refractivity contribution in [1.29, 1.82) is 0 Å². The van der Waals surface area contributed by atoms with E-state index in [0.29, 0.717) is 22.6 Å². The van der Waals surface area contributed by atoms with Crippen LogP contribution in [0.1, 0.15) is 26.3 Å². The normalized spacial score (nSPS) is 11.9. The number of hydrogen-bond donors (Lipinski definition) is 0. The monoisotopic (exact) mass is 343 g/mol. The van der Waals surface area contributed by atoms with Crippen molar-refractivity contribution in [3.05, 3.63) is 63.2 Å². The number of aryl methyl sites for hydroxylation is 1. The molecule has 1 heterocycles. The number of ketones is 1. The first-order chi connectivity index (χ1) is 12.0. The fraction of sp³-hybridized carbons (Fsp3) is 0.176. The molecule has 128 valence electrons. The van der Waals surface area contributed by atoms with Crippen LogP contribution >= 0.6 is 0 Å². The Bertz CT molecular complexity index is 875. The zero-order chi connectivity index (χ0) is 18.0. The molecule has 0 spiro atoms. The van der Waals surface area contributed by atoms with Crippen LogP contribution < -0.4 is 9.47 Å². The number of carbonyl (C=O) groups excluding carboxylic acids is 2. The van der Waals surface area contributed by atoms with Crippen LogP contribution in [0.3, 0.4) is 0 Å². The van der Waals surface area contributed by atoms with E-state index in [9.17, 15) is 19.7 Å². The molecule has 0 atom stereocenters. The van der Waals surface area contributed by atoms with E-state index in [-0.39, 0.29) is 18.0 Å². The molecular formula is C17H13NO7. The van der Waals surface area contributed by atoms with E-state index < -0.39 is 23.3 Å². The standard InChI is InChI=1S/C17H13NO7/c1-10-6-12(2-4-13(10)18(21)22)17(20)23-8-14(19)11-3-5-15-16(7-11)25-9-24-15/h2-7H,8-9H2,1H3. The third-order valence-electron chi connectivity index (χ3n) is 3.66. The lowest BCUT2D eigenvalue weighted by molar-refractivity contribution is -0.385. The summed E-state index contributed by atoms with van der Waals surface area (Å²) in [6.07, 6.45) is 0. The Morgan fingerprint density at radius 3 is 2.56 bits per heavy atom. The largest absolute Gasteiger partial charge is 0.454 e. The van der Waals surface area contributed by atoms with Gasteiger partial charge in [-0.3, -0.25) is 14.9 Å². The summed E-state index contributed by atoms with van der Waals surface area (Å²) >= 11 is 0. The Labute approximate surface area is 142 Å².